The van der Waals surface area contributed by atoms with Gasteiger partial charge in [0.15, 0.2) is 9.84 Å². The molecule has 0 spiro atoms. The fourth-order valence-corrected chi connectivity index (χ4v) is 5.02. The van der Waals surface area contributed by atoms with Crippen molar-refractivity contribution in [2.75, 3.05) is 24.6 Å². The molecule has 1 aromatic rings. The van der Waals surface area contributed by atoms with Gasteiger partial charge < -0.3 is 5.32 Å². The smallest absolute Gasteiger partial charge is 0.151 e. The second-order valence-corrected chi connectivity index (χ2v) is 8.61. The van der Waals surface area contributed by atoms with Crippen LogP contribution in [0.1, 0.15) is 30.6 Å². The number of hydrogen-bond donors (Lipinski definition) is 1. The third-order valence-corrected chi connectivity index (χ3v) is 6.42. The monoisotopic (exact) mass is 301 g/mol. The summed E-state index contributed by atoms with van der Waals surface area (Å²) >= 11 is 1.75. The summed E-state index contributed by atoms with van der Waals surface area (Å²) in [6.45, 7) is 1.44. The minimum atomic E-state index is -2.86. The lowest BCUT2D eigenvalue weighted by Gasteiger charge is -2.10. The van der Waals surface area contributed by atoms with Crippen molar-refractivity contribution in [3.63, 3.8) is 0 Å². The van der Waals surface area contributed by atoms with Crippen molar-refractivity contribution in [1.82, 2.24) is 5.32 Å². The van der Waals surface area contributed by atoms with Crippen LogP contribution in [0.3, 0.4) is 0 Å². The summed E-state index contributed by atoms with van der Waals surface area (Å²) < 4.78 is 23.9. The van der Waals surface area contributed by atoms with Gasteiger partial charge in [-0.15, -0.1) is 11.3 Å². The van der Waals surface area contributed by atoms with E-state index in [-0.39, 0.29) is 5.75 Å². The first-order valence-corrected chi connectivity index (χ1v) is 9.79. The average Bonchev–Trinajstić information content (AvgIpc) is 3.00. The predicted molar refractivity (Wildman–Crippen MR) is 81.5 cm³/mol. The molecule has 0 amide bonds. The fraction of sp³-hybridized carbons (Fsp3) is 0.714. The molecule has 108 valence electrons. The predicted octanol–water partition coefficient (Wildman–Crippen LogP) is 2.49. The molecular weight excluding hydrogens is 278 g/mol. The summed E-state index contributed by atoms with van der Waals surface area (Å²) in [6, 6.07) is 4.16. The Morgan fingerprint density at radius 2 is 2.05 bits per heavy atom. The second-order valence-electron chi connectivity index (χ2n) is 5.34. The number of thiophene rings is 1. The van der Waals surface area contributed by atoms with Crippen LogP contribution in [0.2, 0.25) is 0 Å². The number of rotatable bonds is 8. The number of hydrogen-bond acceptors (Lipinski definition) is 4. The maximum absolute atomic E-state index is 11.9. The van der Waals surface area contributed by atoms with Gasteiger partial charge in [0.25, 0.3) is 0 Å². The lowest BCUT2D eigenvalue weighted by atomic mass is 10.1. The molecule has 0 bridgehead atoms. The maximum Gasteiger partial charge on any atom is 0.151 e. The van der Waals surface area contributed by atoms with Crippen molar-refractivity contribution in [3.8, 4) is 0 Å². The molecule has 3 nitrogen and oxygen atoms in total. The zero-order valence-corrected chi connectivity index (χ0v) is 12.9. The van der Waals surface area contributed by atoms with E-state index < -0.39 is 9.84 Å². The summed E-state index contributed by atoms with van der Waals surface area (Å²) in [5.74, 6) is 1.12. The highest BCUT2D eigenvalue weighted by atomic mass is 32.2. The lowest BCUT2D eigenvalue weighted by molar-refractivity contribution is 0.556. The molecule has 1 heterocycles. The highest BCUT2D eigenvalue weighted by Gasteiger charge is 2.22. The summed E-state index contributed by atoms with van der Waals surface area (Å²) in [5.41, 5.74) is 0. The summed E-state index contributed by atoms with van der Waals surface area (Å²) in [6.07, 6.45) is 5.61. The van der Waals surface area contributed by atoms with E-state index in [1.807, 2.05) is 6.07 Å². The molecule has 0 unspecified atom stereocenters. The summed E-state index contributed by atoms with van der Waals surface area (Å²) in [4.78, 5) is 1.35. The molecule has 19 heavy (non-hydrogen) atoms. The van der Waals surface area contributed by atoms with Gasteiger partial charge in [-0.1, -0.05) is 18.9 Å². The van der Waals surface area contributed by atoms with Crippen LogP contribution >= 0.6 is 11.3 Å². The van der Waals surface area contributed by atoms with Gasteiger partial charge in [-0.05, 0) is 43.2 Å². The van der Waals surface area contributed by atoms with Crippen LogP contribution in [0.25, 0.3) is 0 Å². The third-order valence-electron chi connectivity index (χ3n) is 3.68. The molecule has 0 aliphatic heterocycles. The molecule has 1 saturated carbocycles. The normalized spacial score (nSPS) is 17.1. The van der Waals surface area contributed by atoms with Crippen LogP contribution in [0.4, 0.5) is 0 Å². The fourth-order valence-electron chi connectivity index (χ4n) is 2.64. The zero-order chi connectivity index (χ0) is 13.6. The Morgan fingerprint density at radius 3 is 2.74 bits per heavy atom. The van der Waals surface area contributed by atoms with E-state index in [2.05, 4.69) is 16.8 Å². The van der Waals surface area contributed by atoms with Crippen LogP contribution in [0.15, 0.2) is 17.5 Å². The van der Waals surface area contributed by atoms with E-state index in [1.54, 1.807) is 11.3 Å². The molecule has 1 aliphatic carbocycles. The van der Waals surface area contributed by atoms with Gasteiger partial charge >= 0.3 is 0 Å². The molecule has 2 rings (SSSR count). The largest absolute Gasteiger partial charge is 0.315 e. The van der Waals surface area contributed by atoms with Crippen LogP contribution < -0.4 is 5.32 Å². The second kappa shape index (κ2) is 7.41. The number of nitrogens with one attached hydrogen (secondary N) is 1. The van der Waals surface area contributed by atoms with Gasteiger partial charge in [-0.3, -0.25) is 0 Å². The van der Waals surface area contributed by atoms with Crippen molar-refractivity contribution in [1.29, 1.82) is 0 Å². The molecule has 1 aromatic heterocycles. The highest BCUT2D eigenvalue weighted by Crippen LogP contribution is 2.25. The van der Waals surface area contributed by atoms with E-state index in [0.717, 1.165) is 25.8 Å². The van der Waals surface area contributed by atoms with Gasteiger partial charge in [0.05, 0.1) is 11.5 Å². The Hall–Kier alpha value is -0.390. The third kappa shape index (κ3) is 5.63. The maximum atomic E-state index is 11.9. The van der Waals surface area contributed by atoms with E-state index in [0.29, 0.717) is 18.2 Å². The lowest BCUT2D eigenvalue weighted by Crippen LogP contribution is -2.27. The molecule has 1 fully saturated rings. The van der Waals surface area contributed by atoms with Crippen molar-refractivity contribution in [2.24, 2.45) is 5.92 Å². The first-order chi connectivity index (χ1) is 9.16. The van der Waals surface area contributed by atoms with Gasteiger partial charge in [0, 0.05) is 11.4 Å². The van der Waals surface area contributed by atoms with E-state index in [1.165, 1.54) is 17.7 Å². The van der Waals surface area contributed by atoms with E-state index >= 15 is 0 Å². The standard InChI is InChI=1S/C14H23NO2S2/c16-19(17,12-13-4-1-2-5-13)11-9-15-8-7-14-6-3-10-18-14/h3,6,10,13,15H,1-2,4-5,7-9,11-12H2. The first kappa shape index (κ1) is 15.0. The van der Waals surface area contributed by atoms with Crippen LogP contribution in [-0.2, 0) is 16.3 Å². The highest BCUT2D eigenvalue weighted by molar-refractivity contribution is 7.91. The zero-order valence-electron chi connectivity index (χ0n) is 11.3. The van der Waals surface area contributed by atoms with Gasteiger partial charge in [-0.2, -0.15) is 0 Å². The van der Waals surface area contributed by atoms with Gasteiger partial charge in [-0.25, -0.2) is 8.42 Å². The molecule has 0 radical (unpaired) electrons. The number of sulfone groups is 1. The summed E-state index contributed by atoms with van der Waals surface area (Å²) in [5, 5.41) is 5.30. The van der Waals surface area contributed by atoms with Gasteiger partial charge in [0.1, 0.15) is 0 Å². The molecule has 1 N–H and O–H groups in total. The van der Waals surface area contributed by atoms with Crippen molar-refractivity contribution in [2.45, 2.75) is 32.1 Å². The van der Waals surface area contributed by atoms with Crippen molar-refractivity contribution in [3.05, 3.63) is 22.4 Å². The first-order valence-electron chi connectivity index (χ1n) is 7.09. The Labute approximate surface area is 120 Å². The molecule has 0 atom stereocenters. The minimum Gasteiger partial charge on any atom is -0.315 e. The topological polar surface area (TPSA) is 46.2 Å². The quantitative estimate of drug-likeness (QED) is 0.750. The Kier molecular flexibility index (Phi) is 5.85. The molecule has 0 aromatic carbocycles. The Morgan fingerprint density at radius 1 is 1.26 bits per heavy atom. The summed E-state index contributed by atoms with van der Waals surface area (Å²) in [7, 11) is -2.86. The molecular formula is C14H23NO2S2. The van der Waals surface area contributed by atoms with Crippen LogP contribution in [0.5, 0.6) is 0 Å². The van der Waals surface area contributed by atoms with E-state index in [9.17, 15) is 8.42 Å². The Bertz CT molecular complexity index is 448. The van der Waals surface area contributed by atoms with E-state index in [4.69, 9.17) is 0 Å². The van der Waals surface area contributed by atoms with Crippen LogP contribution in [-0.4, -0.2) is 33.0 Å². The van der Waals surface area contributed by atoms with Crippen LogP contribution in [0, 0.1) is 5.92 Å². The minimum absolute atomic E-state index is 0.286. The average molecular weight is 301 g/mol. The Balaban J connectivity index is 1.58. The van der Waals surface area contributed by atoms with Crippen molar-refractivity contribution >= 4 is 21.2 Å². The molecule has 0 saturated heterocycles. The molecule has 5 heteroatoms. The van der Waals surface area contributed by atoms with Crippen molar-refractivity contribution < 1.29 is 8.42 Å². The SMILES string of the molecule is O=S(=O)(CCNCCc1cccs1)CC1CCCC1. The van der Waals surface area contributed by atoms with Gasteiger partial charge in [0.2, 0.25) is 0 Å². The molecule has 1 aliphatic rings.